The first-order valence-electron chi connectivity index (χ1n) is 5.57. The van der Waals surface area contributed by atoms with Crippen LogP contribution in [0.5, 0.6) is 0 Å². The molecule has 0 aliphatic carbocycles. The SMILES string of the molecule is O=c1[nH]nc2cc(Sc3ccc(CO)cc3)ncn12. The molecule has 0 radical (unpaired) electrons. The number of aromatic amines is 1. The van der Waals surface area contributed by atoms with Crippen LogP contribution in [0.1, 0.15) is 5.56 Å². The fourth-order valence-electron chi connectivity index (χ4n) is 1.63. The maximum Gasteiger partial charge on any atom is 0.348 e. The summed E-state index contributed by atoms with van der Waals surface area (Å²) < 4.78 is 1.35. The number of fused-ring (bicyclic) bond motifs is 1. The number of aliphatic hydroxyl groups excluding tert-OH is 1. The van der Waals surface area contributed by atoms with Crippen molar-refractivity contribution >= 4 is 17.4 Å². The fourth-order valence-corrected chi connectivity index (χ4v) is 2.41. The van der Waals surface area contributed by atoms with Crippen LogP contribution in [0.4, 0.5) is 0 Å². The average molecular weight is 274 g/mol. The molecule has 0 unspecified atom stereocenters. The number of rotatable bonds is 3. The first-order chi connectivity index (χ1) is 9.26. The minimum atomic E-state index is -0.300. The molecule has 0 fully saturated rings. The zero-order valence-corrected chi connectivity index (χ0v) is 10.6. The van der Waals surface area contributed by atoms with Crippen molar-refractivity contribution in [2.75, 3.05) is 0 Å². The molecule has 0 aliphatic heterocycles. The lowest BCUT2D eigenvalue weighted by Gasteiger charge is -2.02. The van der Waals surface area contributed by atoms with Crippen molar-refractivity contribution in [1.82, 2.24) is 19.6 Å². The third kappa shape index (κ3) is 2.38. The fraction of sp³-hybridized carbons (Fsp3) is 0.0833. The van der Waals surface area contributed by atoms with Crippen molar-refractivity contribution in [2.45, 2.75) is 16.5 Å². The largest absolute Gasteiger partial charge is 0.392 e. The van der Waals surface area contributed by atoms with Crippen LogP contribution in [0.2, 0.25) is 0 Å². The number of nitrogens with zero attached hydrogens (tertiary/aromatic N) is 3. The molecule has 2 heterocycles. The van der Waals surface area contributed by atoms with Gasteiger partial charge in [0.2, 0.25) is 0 Å². The van der Waals surface area contributed by atoms with Crippen LogP contribution >= 0.6 is 11.8 Å². The second-order valence-electron chi connectivity index (χ2n) is 3.89. The highest BCUT2D eigenvalue weighted by atomic mass is 32.2. The molecule has 2 N–H and O–H groups in total. The van der Waals surface area contributed by atoms with Crippen molar-refractivity contribution in [3.05, 3.63) is 52.7 Å². The molecule has 96 valence electrons. The van der Waals surface area contributed by atoms with Gasteiger partial charge < -0.3 is 5.11 Å². The van der Waals surface area contributed by atoms with E-state index in [4.69, 9.17) is 5.11 Å². The predicted molar refractivity (Wildman–Crippen MR) is 70.1 cm³/mol. The van der Waals surface area contributed by atoms with Gasteiger partial charge in [-0.1, -0.05) is 23.9 Å². The van der Waals surface area contributed by atoms with Gasteiger partial charge in [0, 0.05) is 11.0 Å². The number of aliphatic hydroxyl groups is 1. The second kappa shape index (κ2) is 4.87. The van der Waals surface area contributed by atoms with E-state index >= 15 is 0 Å². The van der Waals surface area contributed by atoms with E-state index in [1.807, 2.05) is 24.3 Å². The Balaban J connectivity index is 1.89. The molecule has 2 aromatic heterocycles. The Bertz CT molecular complexity index is 763. The topological polar surface area (TPSA) is 83.3 Å². The normalized spacial score (nSPS) is 11.0. The average Bonchev–Trinajstić information content (AvgIpc) is 2.81. The summed E-state index contributed by atoms with van der Waals surface area (Å²) in [6.07, 6.45) is 1.45. The third-order valence-corrected chi connectivity index (χ3v) is 3.55. The second-order valence-corrected chi connectivity index (χ2v) is 4.98. The standard InChI is InChI=1S/C12H10N4O2S/c17-6-8-1-3-9(4-2-8)19-11-5-10-14-15-12(18)16(10)7-13-11/h1-5,7,17H,6H2,(H,15,18). The number of hydrogen-bond donors (Lipinski definition) is 2. The number of H-pyrrole nitrogens is 1. The summed E-state index contributed by atoms with van der Waals surface area (Å²) in [6.45, 7) is 0.0331. The summed E-state index contributed by atoms with van der Waals surface area (Å²) in [5.41, 5.74) is 1.10. The summed E-state index contributed by atoms with van der Waals surface area (Å²) in [5.74, 6) is 0. The first kappa shape index (κ1) is 11.9. The smallest absolute Gasteiger partial charge is 0.348 e. The molecule has 3 aromatic rings. The van der Waals surface area contributed by atoms with Gasteiger partial charge in [0.1, 0.15) is 11.4 Å². The van der Waals surface area contributed by atoms with Crippen LogP contribution in [0.3, 0.4) is 0 Å². The van der Waals surface area contributed by atoms with Crippen LogP contribution in [0.15, 0.2) is 51.4 Å². The maximum absolute atomic E-state index is 11.3. The Morgan fingerprint density at radius 2 is 2.11 bits per heavy atom. The zero-order chi connectivity index (χ0) is 13.2. The minimum Gasteiger partial charge on any atom is -0.392 e. The molecule has 19 heavy (non-hydrogen) atoms. The Labute approximate surface area is 112 Å². The molecule has 6 nitrogen and oxygen atoms in total. The van der Waals surface area contributed by atoms with Gasteiger partial charge in [-0.05, 0) is 17.7 Å². The van der Waals surface area contributed by atoms with Crippen molar-refractivity contribution in [3.8, 4) is 0 Å². The number of nitrogens with one attached hydrogen (secondary N) is 1. The van der Waals surface area contributed by atoms with Crippen LogP contribution in [-0.4, -0.2) is 24.7 Å². The Kier molecular flexibility index (Phi) is 3.06. The molecule has 0 saturated carbocycles. The number of aromatic nitrogens is 4. The van der Waals surface area contributed by atoms with E-state index in [1.54, 1.807) is 6.07 Å². The molecular formula is C12H10N4O2S. The zero-order valence-electron chi connectivity index (χ0n) is 9.78. The van der Waals surface area contributed by atoms with Gasteiger partial charge in [-0.25, -0.2) is 19.3 Å². The van der Waals surface area contributed by atoms with E-state index in [2.05, 4.69) is 15.2 Å². The molecule has 0 saturated heterocycles. The summed E-state index contributed by atoms with van der Waals surface area (Å²) >= 11 is 1.47. The summed E-state index contributed by atoms with van der Waals surface area (Å²) in [6, 6.07) is 9.29. The third-order valence-electron chi connectivity index (χ3n) is 2.61. The highest BCUT2D eigenvalue weighted by Gasteiger charge is 2.04. The number of hydrogen-bond acceptors (Lipinski definition) is 5. The lowest BCUT2D eigenvalue weighted by atomic mass is 10.2. The van der Waals surface area contributed by atoms with Gasteiger partial charge in [-0.2, -0.15) is 5.10 Å². The lowest BCUT2D eigenvalue weighted by molar-refractivity contribution is 0.282. The molecule has 0 bridgehead atoms. The molecule has 0 aliphatic rings. The molecule has 0 atom stereocenters. The Morgan fingerprint density at radius 3 is 2.84 bits per heavy atom. The highest BCUT2D eigenvalue weighted by molar-refractivity contribution is 7.99. The van der Waals surface area contributed by atoms with Gasteiger partial charge in [-0.15, -0.1) is 0 Å². The monoisotopic (exact) mass is 274 g/mol. The van der Waals surface area contributed by atoms with Gasteiger partial charge >= 0.3 is 5.69 Å². The molecular weight excluding hydrogens is 264 g/mol. The highest BCUT2D eigenvalue weighted by Crippen LogP contribution is 2.26. The number of benzene rings is 1. The van der Waals surface area contributed by atoms with Crippen molar-refractivity contribution < 1.29 is 5.11 Å². The van der Waals surface area contributed by atoms with E-state index in [0.29, 0.717) is 5.65 Å². The lowest BCUT2D eigenvalue weighted by Crippen LogP contribution is -2.09. The van der Waals surface area contributed by atoms with E-state index in [9.17, 15) is 4.79 Å². The minimum absolute atomic E-state index is 0.0331. The van der Waals surface area contributed by atoms with E-state index in [-0.39, 0.29) is 12.3 Å². The van der Waals surface area contributed by atoms with Crippen LogP contribution in [0, 0.1) is 0 Å². The van der Waals surface area contributed by atoms with Gasteiger partial charge in [0.25, 0.3) is 0 Å². The van der Waals surface area contributed by atoms with E-state index in [0.717, 1.165) is 15.5 Å². The van der Waals surface area contributed by atoms with Crippen molar-refractivity contribution in [2.24, 2.45) is 0 Å². The van der Waals surface area contributed by atoms with E-state index < -0.39 is 0 Å². The quantitative estimate of drug-likeness (QED) is 0.698. The summed E-state index contributed by atoms with van der Waals surface area (Å²) in [4.78, 5) is 16.5. The summed E-state index contributed by atoms with van der Waals surface area (Å²) in [7, 11) is 0. The molecule has 7 heteroatoms. The maximum atomic E-state index is 11.3. The van der Waals surface area contributed by atoms with Crippen LogP contribution < -0.4 is 5.69 Å². The molecule has 3 rings (SSSR count). The Morgan fingerprint density at radius 1 is 1.32 bits per heavy atom. The van der Waals surface area contributed by atoms with E-state index in [1.165, 1.54) is 22.5 Å². The predicted octanol–water partition coefficient (Wildman–Crippen LogP) is 1.06. The van der Waals surface area contributed by atoms with Crippen molar-refractivity contribution in [1.29, 1.82) is 0 Å². The summed E-state index contributed by atoms with van der Waals surface area (Å²) in [5, 5.41) is 16.0. The van der Waals surface area contributed by atoms with Crippen LogP contribution in [0.25, 0.3) is 5.65 Å². The van der Waals surface area contributed by atoms with Crippen molar-refractivity contribution in [3.63, 3.8) is 0 Å². The molecule has 0 spiro atoms. The Hall–Kier alpha value is -2.12. The van der Waals surface area contributed by atoms with Gasteiger partial charge in [0.05, 0.1) is 6.61 Å². The molecule has 1 aromatic carbocycles. The van der Waals surface area contributed by atoms with Gasteiger partial charge in [0.15, 0.2) is 5.65 Å². The molecule has 0 amide bonds. The van der Waals surface area contributed by atoms with Gasteiger partial charge in [-0.3, -0.25) is 0 Å². The van der Waals surface area contributed by atoms with Crippen LogP contribution in [-0.2, 0) is 6.61 Å². The first-order valence-corrected chi connectivity index (χ1v) is 6.38.